The van der Waals surface area contributed by atoms with Gasteiger partial charge in [0.2, 0.25) is 0 Å². The van der Waals surface area contributed by atoms with E-state index in [0.717, 1.165) is 16.7 Å². The lowest BCUT2D eigenvalue weighted by molar-refractivity contribution is -0.0462. The van der Waals surface area contributed by atoms with Gasteiger partial charge < -0.3 is 34.1 Å². The molecular formula is C48H45Cl2N5O8. The third-order valence-electron chi connectivity index (χ3n) is 11.8. The molecule has 3 N–H and O–H groups in total. The van der Waals surface area contributed by atoms with E-state index in [-0.39, 0.29) is 37.2 Å². The molecule has 13 nitrogen and oxygen atoms in total. The van der Waals surface area contributed by atoms with Gasteiger partial charge in [-0.25, -0.2) is 14.8 Å². The molecule has 0 saturated carbocycles. The predicted molar refractivity (Wildman–Crippen MR) is 239 cm³/mol. The normalized spacial score (nSPS) is 16.6. The molecule has 1 saturated heterocycles. The number of hydrogen-bond donors (Lipinski definition) is 3. The summed E-state index contributed by atoms with van der Waals surface area (Å²) in [6.45, 7) is -0.0841. The number of carboxylic acid groups (broad SMARTS) is 1. The highest BCUT2D eigenvalue weighted by atomic mass is 35.5. The zero-order valence-electron chi connectivity index (χ0n) is 34.4. The molecule has 0 unspecified atom stereocenters. The highest BCUT2D eigenvalue weighted by molar-refractivity contribution is 6.30. The molecule has 3 atom stereocenters. The van der Waals surface area contributed by atoms with E-state index in [2.05, 4.69) is 15.0 Å². The lowest BCUT2D eigenvalue weighted by Gasteiger charge is -2.45. The lowest BCUT2D eigenvalue weighted by Crippen LogP contribution is -2.54. The van der Waals surface area contributed by atoms with E-state index in [9.17, 15) is 19.8 Å². The molecule has 1 aliphatic rings. The van der Waals surface area contributed by atoms with Crippen LogP contribution >= 0.6 is 23.2 Å². The Morgan fingerprint density at radius 3 is 1.89 bits per heavy atom. The first-order chi connectivity index (χ1) is 30.6. The minimum absolute atomic E-state index is 0.0963. The predicted octanol–water partition coefficient (Wildman–Crippen LogP) is 8.80. The molecule has 1 fully saturated rings. The van der Waals surface area contributed by atoms with Gasteiger partial charge in [-0.05, 0) is 89.2 Å². The molecular weight excluding hydrogens is 845 g/mol. The molecule has 0 radical (unpaired) electrons. The Labute approximate surface area is 373 Å². The maximum atomic E-state index is 13.9. The molecule has 8 rings (SSSR count). The number of ether oxygens (including phenoxy) is 4. The van der Waals surface area contributed by atoms with Crippen LogP contribution < -0.4 is 15.0 Å². The van der Waals surface area contributed by atoms with Crippen molar-refractivity contribution in [1.29, 1.82) is 0 Å². The van der Waals surface area contributed by atoms with E-state index in [4.69, 9.17) is 42.1 Å². The minimum atomic E-state index is -1.39. The number of aliphatic hydroxyl groups is 1. The molecule has 1 amide bonds. The maximum Gasteiger partial charge on any atom is 0.408 e. The monoisotopic (exact) mass is 889 g/mol. The number of rotatable bonds is 16. The van der Waals surface area contributed by atoms with Crippen molar-refractivity contribution < 1.29 is 34.0 Å². The highest BCUT2D eigenvalue weighted by Crippen LogP contribution is 2.45. The van der Waals surface area contributed by atoms with Crippen LogP contribution in [-0.4, -0.2) is 80.3 Å². The summed E-state index contributed by atoms with van der Waals surface area (Å²) in [5.74, 6) is 1.38. The highest BCUT2D eigenvalue weighted by Gasteiger charge is 2.47. The summed E-state index contributed by atoms with van der Waals surface area (Å²) in [6, 6.07) is 39.6. The number of methoxy groups -OCH3 is 2. The quantitative estimate of drug-likeness (QED) is 0.0632. The smallest absolute Gasteiger partial charge is 0.408 e. The van der Waals surface area contributed by atoms with Crippen molar-refractivity contribution in [2.45, 2.75) is 48.8 Å². The summed E-state index contributed by atoms with van der Waals surface area (Å²) in [7, 11) is 3.24. The van der Waals surface area contributed by atoms with Crippen LogP contribution in [0.3, 0.4) is 0 Å². The first-order valence-corrected chi connectivity index (χ1v) is 21.1. The number of H-pyrrole nitrogens is 1. The van der Waals surface area contributed by atoms with Crippen molar-refractivity contribution in [3.63, 3.8) is 0 Å². The molecule has 3 heterocycles. The number of halogens is 2. The summed E-state index contributed by atoms with van der Waals surface area (Å²) in [5.41, 5.74) is 1.30. The Kier molecular flexibility index (Phi) is 12.8. The average Bonchev–Trinajstić information content (AvgIpc) is 3.92. The van der Waals surface area contributed by atoms with Crippen LogP contribution in [0.1, 0.15) is 53.3 Å². The third kappa shape index (κ3) is 8.50. The van der Waals surface area contributed by atoms with Gasteiger partial charge in [0.05, 0.1) is 45.1 Å². The number of imidazole rings is 1. The topological polar surface area (TPSA) is 161 Å². The molecule has 0 bridgehead atoms. The van der Waals surface area contributed by atoms with E-state index in [1.165, 1.54) is 17.6 Å². The summed E-state index contributed by atoms with van der Waals surface area (Å²) >= 11 is 12.9. The largest absolute Gasteiger partial charge is 0.497 e. The molecule has 2 aromatic heterocycles. The second-order valence-electron chi connectivity index (χ2n) is 15.2. The summed E-state index contributed by atoms with van der Waals surface area (Å²) in [6.07, 6.45) is -0.763. The number of hydrogen-bond acceptors (Lipinski definition) is 9. The average molecular weight is 891 g/mol. The summed E-state index contributed by atoms with van der Waals surface area (Å²) < 4.78 is 26.3. The zero-order chi connectivity index (χ0) is 44.1. The van der Waals surface area contributed by atoms with Gasteiger partial charge in [-0.2, -0.15) is 0 Å². The SMILES string of the molecule is COc1ccc(C(OCCCC(c2ccc(Cl)cc2)(c2ccc(Cl)cc2)N(C[C@H]2O[C@@H](n3cnc4c(=O)[nH]cnc43)C[C@H]2O)C(=O)O)(c2ccccc2)c2ccc(OC)cc2)cc1. The number of aromatic amines is 1. The molecule has 7 aromatic rings. The van der Waals surface area contributed by atoms with Gasteiger partial charge in [0.25, 0.3) is 5.56 Å². The lowest BCUT2D eigenvalue weighted by atomic mass is 9.77. The van der Waals surface area contributed by atoms with Crippen molar-refractivity contribution in [3.8, 4) is 11.5 Å². The number of amides is 1. The Bertz CT molecular complexity index is 2600. The van der Waals surface area contributed by atoms with Crippen LogP contribution in [-0.2, 0) is 20.6 Å². The first kappa shape index (κ1) is 43.4. The minimum Gasteiger partial charge on any atom is -0.497 e. The Hall–Kier alpha value is -6.22. The standard InChI is InChI=1S/C48H45Cl2N5O8/c1-60-38-21-13-34(14-22-38)48(33-7-4-3-5-8-33,35-15-23-39(61-2)24-16-35)62-26-6-25-47(31-9-17-36(49)18-10-31,32-11-19-37(50)20-12-32)55(46(58)59)28-41-40(56)27-42(63-41)54-30-53-43-44(54)51-29-52-45(43)57/h3-5,7-24,29-30,40-42,56H,6,25-28H2,1-2H3,(H,58,59)(H,51,52,57)/t40-,41-,42-/m1/s1. The zero-order valence-corrected chi connectivity index (χ0v) is 35.9. The van der Waals surface area contributed by atoms with Crippen molar-refractivity contribution in [3.05, 3.63) is 188 Å². The third-order valence-corrected chi connectivity index (χ3v) is 12.3. The number of aromatic nitrogens is 4. The molecule has 0 aliphatic carbocycles. The van der Waals surface area contributed by atoms with Gasteiger partial charge in [0, 0.05) is 23.1 Å². The molecule has 1 aliphatic heterocycles. The van der Waals surface area contributed by atoms with Crippen LogP contribution in [0, 0.1) is 0 Å². The number of nitrogens with zero attached hydrogens (tertiary/aromatic N) is 4. The Morgan fingerprint density at radius 2 is 1.35 bits per heavy atom. The van der Waals surface area contributed by atoms with E-state index in [1.807, 2.05) is 103 Å². The number of fused-ring (bicyclic) bond motifs is 1. The van der Waals surface area contributed by atoms with Crippen LogP contribution in [0.25, 0.3) is 11.2 Å². The second kappa shape index (κ2) is 18.6. The van der Waals surface area contributed by atoms with Crippen molar-refractivity contribution >= 4 is 40.5 Å². The van der Waals surface area contributed by atoms with Crippen LogP contribution in [0.2, 0.25) is 10.0 Å². The fourth-order valence-corrected chi connectivity index (χ4v) is 8.93. The van der Waals surface area contributed by atoms with Crippen LogP contribution in [0.4, 0.5) is 4.79 Å². The Morgan fingerprint density at radius 1 is 0.810 bits per heavy atom. The van der Waals surface area contributed by atoms with E-state index < -0.39 is 41.2 Å². The summed E-state index contributed by atoms with van der Waals surface area (Å²) in [5, 5.41) is 23.8. The van der Waals surface area contributed by atoms with Crippen molar-refractivity contribution in [1.82, 2.24) is 24.4 Å². The van der Waals surface area contributed by atoms with Gasteiger partial charge in [-0.1, -0.05) is 102 Å². The fourth-order valence-electron chi connectivity index (χ4n) is 8.68. The molecule has 0 spiro atoms. The van der Waals surface area contributed by atoms with Crippen molar-refractivity contribution in [2.75, 3.05) is 27.4 Å². The number of benzene rings is 5. The van der Waals surface area contributed by atoms with E-state index in [0.29, 0.717) is 39.1 Å². The van der Waals surface area contributed by atoms with E-state index in [1.54, 1.807) is 43.1 Å². The van der Waals surface area contributed by atoms with Crippen molar-refractivity contribution in [2.24, 2.45) is 0 Å². The van der Waals surface area contributed by atoms with Gasteiger partial charge in [-0.15, -0.1) is 0 Å². The van der Waals surface area contributed by atoms with Crippen LogP contribution in [0.15, 0.2) is 145 Å². The number of aliphatic hydroxyl groups excluding tert-OH is 1. The van der Waals surface area contributed by atoms with E-state index >= 15 is 0 Å². The number of nitrogens with one attached hydrogen (secondary N) is 1. The molecule has 324 valence electrons. The summed E-state index contributed by atoms with van der Waals surface area (Å²) in [4.78, 5) is 38.7. The molecule has 5 aromatic carbocycles. The fraction of sp³-hybridized carbons (Fsp3) is 0.250. The number of carbonyl (C=O) groups is 1. The Balaban J connectivity index is 1.19. The molecule has 63 heavy (non-hydrogen) atoms. The van der Waals surface area contributed by atoms with Gasteiger partial charge in [0.15, 0.2) is 11.2 Å². The second-order valence-corrected chi connectivity index (χ2v) is 16.1. The maximum absolute atomic E-state index is 13.9. The first-order valence-electron chi connectivity index (χ1n) is 20.3. The van der Waals surface area contributed by atoms with Gasteiger partial charge in [-0.3, -0.25) is 14.3 Å². The van der Waals surface area contributed by atoms with Gasteiger partial charge >= 0.3 is 6.09 Å². The van der Waals surface area contributed by atoms with Gasteiger partial charge in [0.1, 0.15) is 29.4 Å². The molecule has 15 heteroatoms. The van der Waals surface area contributed by atoms with Crippen LogP contribution in [0.5, 0.6) is 11.5 Å².